The number of amides is 1. The second-order valence-corrected chi connectivity index (χ2v) is 8.45. The molecule has 1 heterocycles. The number of ether oxygens (including phenoxy) is 4. The van der Waals surface area contributed by atoms with Crippen molar-refractivity contribution in [3.05, 3.63) is 65.2 Å². The summed E-state index contributed by atoms with van der Waals surface area (Å²) in [6.07, 6.45) is 2.17. The predicted molar refractivity (Wildman–Crippen MR) is 127 cm³/mol. The molecule has 0 bridgehead atoms. The number of fused-ring (bicyclic) bond motifs is 3. The molecule has 2 unspecified atom stereocenters. The Labute approximate surface area is 204 Å². The van der Waals surface area contributed by atoms with E-state index >= 15 is 0 Å². The number of likely N-dealkylation sites (N-methyl/N-ethyl adjacent to an activating group) is 1. The zero-order valence-corrected chi connectivity index (χ0v) is 19.7. The van der Waals surface area contributed by atoms with E-state index in [2.05, 4.69) is 4.79 Å². The number of hydrogen-bond acceptors (Lipinski definition) is 6. The quantitative estimate of drug-likeness (QED) is 0.223. The first-order valence-corrected chi connectivity index (χ1v) is 11.7. The average Bonchev–Trinajstić information content (AvgIpc) is 3.20. The van der Waals surface area contributed by atoms with Crippen LogP contribution in [-0.2, 0) is 23.7 Å². The molecule has 4 rings (SSSR count). The van der Waals surface area contributed by atoms with Crippen LogP contribution >= 0.6 is 0 Å². The summed E-state index contributed by atoms with van der Waals surface area (Å²) in [4.78, 5) is 29.6. The number of carbonyl (C=O) groups is 2. The monoisotopic (exact) mass is 479 g/mol. The van der Waals surface area contributed by atoms with Gasteiger partial charge < -0.3 is 24.5 Å². The third kappa shape index (κ3) is 5.83. The molecule has 35 heavy (non-hydrogen) atoms. The fourth-order valence-electron chi connectivity index (χ4n) is 4.35. The minimum Gasteiger partial charge on any atom is -0.436 e. The minimum absolute atomic E-state index is 0.108. The number of Topliss-reactive ketones (excluding diaryl/α,β-unsaturated/α-hetero) is 1. The van der Waals surface area contributed by atoms with Gasteiger partial charge in [-0.25, -0.2) is 4.79 Å². The van der Waals surface area contributed by atoms with Crippen molar-refractivity contribution in [3.63, 3.8) is 0 Å². The van der Waals surface area contributed by atoms with Crippen LogP contribution in [0.2, 0.25) is 0 Å². The van der Waals surface area contributed by atoms with Crippen LogP contribution in [0.1, 0.15) is 36.5 Å². The lowest BCUT2D eigenvalue weighted by molar-refractivity contribution is -0.169. The molecule has 2 atom stereocenters. The highest BCUT2D eigenvalue weighted by Gasteiger charge is 2.35. The van der Waals surface area contributed by atoms with Gasteiger partial charge in [-0.15, -0.1) is 0 Å². The van der Waals surface area contributed by atoms with Crippen molar-refractivity contribution in [2.75, 3.05) is 33.5 Å². The maximum Gasteiger partial charge on any atom is 0.411 e. The molecule has 0 radical (unpaired) electrons. The van der Waals surface area contributed by atoms with E-state index in [-0.39, 0.29) is 19.5 Å². The van der Waals surface area contributed by atoms with E-state index in [1.165, 1.54) is 11.9 Å². The molecule has 1 aliphatic heterocycles. The highest BCUT2D eigenvalue weighted by atomic mass is 16.7. The van der Waals surface area contributed by atoms with Crippen molar-refractivity contribution >= 4 is 18.1 Å². The van der Waals surface area contributed by atoms with Gasteiger partial charge in [0.25, 0.3) is 5.78 Å². The lowest BCUT2D eigenvalue weighted by Crippen LogP contribution is -2.46. The minimum atomic E-state index is -1.03. The summed E-state index contributed by atoms with van der Waals surface area (Å²) in [5.41, 5.74) is 12.6. The van der Waals surface area contributed by atoms with E-state index in [4.69, 9.17) is 24.5 Å². The van der Waals surface area contributed by atoms with Crippen molar-refractivity contribution < 1.29 is 33.3 Å². The molecular weight excluding hydrogens is 450 g/mol. The third-order valence-corrected chi connectivity index (χ3v) is 6.21. The molecule has 1 fully saturated rings. The first-order chi connectivity index (χ1) is 17.1. The molecule has 2 aromatic rings. The molecule has 9 heteroatoms. The van der Waals surface area contributed by atoms with Crippen molar-refractivity contribution in [1.82, 2.24) is 4.90 Å². The first-order valence-electron chi connectivity index (χ1n) is 11.7. The van der Waals surface area contributed by atoms with E-state index in [9.17, 15) is 9.59 Å². The molecule has 0 spiro atoms. The van der Waals surface area contributed by atoms with Crippen LogP contribution in [-0.4, -0.2) is 73.6 Å². The topological polar surface area (TPSA) is 111 Å². The number of rotatable bonds is 10. The molecule has 9 nitrogen and oxygen atoms in total. The molecule has 1 amide bonds. The number of benzene rings is 2. The van der Waals surface area contributed by atoms with E-state index in [0.717, 1.165) is 47.7 Å². The van der Waals surface area contributed by atoms with Crippen LogP contribution in [0.4, 0.5) is 4.79 Å². The lowest BCUT2D eigenvalue weighted by atomic mass is 10.1. The van der Waals surface area contributed by atoms with Gasteiger partial charge in [-0.3, -0.25) is 9.69 Å². The van der Waals surface area contributed by atoms with Crippen LogP contribution in [0.3, 0.4) is 0 Å². The van der Waals surface area contributed by atoms with Gasteiger partial charge in [0, 0.05) is 24.8 Å². The van der Waals surface area contributed by atoms with Gasteiger partial charge in [-0.2, -0.15) is 4.79 Å². The van der Waals surface area contributed by atoms with Crippen LogP contribution in [0, 0.1) is 0 Å². The van der Waals surface area contributed by atoms with Crippen molar-refractivity contribution in [2.45, 2.75) is 37.7 Å². The molecule has 2 aromatic carbocycles. The molecule has 0 N–H and O–H groups in total. The SMILES string of the molecule is CN(C(=O)OC1c2ccccc2-c2ccccc21)C(COCCOC1CCCCO1)C(=O)C=[N+]=[N-]. The summed E-state index contributed by atoms with van der Waals surface area (Å²) in [5, 5.41) is 0. The Morgan fingerprint density at radius 2 is 1.80 bits per heavy atom. The summed E-state index contributed by atoms with van der Waals surface area (Å²) >= 11 is 0. The fourth-order valence-corrected chi connectivity index (χ4v) is 4.35. The zero-order chi connectivity index (χ0) is 24.6. The Morgan fingerprint density at radius 1 is 1.11 bits per heavy atom. The van der Waals surface area contributed by atoms with Crippen LogP contribution in [0.15, 0.2) is 48.5 Å². The van der Waals surface area contributed by atoms with E-state index in [1.54, 1.807) is 0 Å². The van der Waals surface area contributed by atoms with Gasteiger partial charge in [-0.05, 0) is 30.4 Å². The molecule has 1 aliphatic carbocycles. The van der Waals surface area contributed by atoms with Gasteiger partial charge >= 0.3 is 12.3 Å². The van der Waals surface area contributed by atoms with Gasteiger partial charge in [0.2, 0.25) is 0 Å². The molecule has 0 saturated carbocycles. The summed E-state index contributed by atoms with van der Waals surface area (Å²) in [6, 6.07) is 14.5. The second-order valence-electron chi connectivity index (χ2n) is 8.45. The van der Waals surface area contributed by atoms with Crippen LogP contribution in [0.25, 0.3) is 16.7 Å². The predicted octanol–water partition coefficient (Wildman–Crippen LogP) is 3.62. The van der Waals surface area contributed by atoms with Crippen molar-refractivity contribution in [2.24, 2.45) is 0 Å². The Hall–Kier alpha value is -3.36. The molecule has 2 aliphatic rings. The smallest absolute Gasteiger partial charge is 0.411 e. The number of nitrogens with zero attached hydrogens (tertiary/aromatic N) is 3. The Morgan fingerprint density at radius 3 is 2.43 bits per heavy atom. The van der Waals surface area contributed by atoms with E-state index < -0.39 is 24.0 Å². The summed E-state index contributed by atoms with van der Waals surface area (Å²) in [6.45, 7) is 1.09. The highest BCUT2D eigenvalue weighted by Crippen LogP contribution is 2.45. The third-order valence-electron chi connectivity index (χ3n) is 6.21. The molecule has 184 valence electrons. The van der Waals surface area contributed by atoms with Crippen LogP contribution in [0.5, 0.6) is 0 Å². The van der Waals surface area contributed by atoms with Gasteiger partial charge in [0.1, 0.15) is 6.04 Å². The summed E-state index contributed by atoms with van der Waals surface area (Å²) in [7, 11) is 1.46. The van der Waals surface area contributed by atoms with E-state index in [0.29, 0.717) is 13.2 Å². The normalized spacial score (nSPS) is 17.6. The highest BCUT2D eigenvalue weighted by molar-refractivity contribution is 6.28. The Kier molecular flexibility index (Phi) is 8.39. The number of ketones is 1. The lowest BCUT2D eigenvalue weighted by Gasteiger charge is -2.27. The molecule has 0 aromatic heterocycles. The summed E-state index contributed by atoms with van der Waals surface area (Å²) < 4.78 is 22.6. The Balaban J connectivity index is 1.38. The zero-order valence-electron chi connectivity index (χ0n) is 19.7. The van der Waals surface area contributed by atoms with E-state index in [1.807, 2.05) is 48.5 Å². The summed E-state index contributed by atoms with van der Waals surface area (Å²) in [5.74, 6) is -0.587. The molecule has 1 saturated heterocycles. The standard InChI is InChI=1S/C26H29N3O6/c1-29(22(23(30)16-28-27)17-32-14-15-34-24-12-6-7-13-33-24)26(31)35-25-20-10-4-2-8-18(20)19-9-3-5-11-21(19)25/h2-5,8-11,16,22,24-25H,6-7,12-15,17H2,1H3. The number of carbonyl (C=O) groups excluding carboxylic acids is 2. The van der Waals surface area contributed by atoms with Crippen LogP contribution < -0.4 is 0 Å². The molecular formula is C26H29N3O6. The van der Waals surface area contributed by atoms with Gasteiger partial charge in [0.05, 0.1) is 19.8 Å². The second kappa shape index (κ2) is 11.9. The maximum absolute atomic E-state index is 13.1. The van der Waals surface area contributed by atoms with Crippen molar-refractivity contribution in [3.8, 4) is 11.1 Å². The van der Waals surface area contributed by atoms with Gasteiger partial charge in [0.15, 0.2) is 12.4 Å². The average molecular weight is 480 g/mol. The first kappa shape index (κ1) is 24.8. The van der Waals surface area contributed by atoms with Gasteiger partial charge in [-0.1, -0.05) is 48.5 Å². The number of hydrogen-bond donors (Lipinski definition) is 0. The Bertz CT molecular complexity index is 1050. The maximum atomic E-state index is 13.1. The fraction of sp³-hybridized carbons (Fsp3) is 0.423. The van der Waals surface area contributed by atoms with Crippen molar-refractivity contribution in [1.29, 1.82) is 0 Å². The largest absolute Gasteiger partial charge is 0.436 e.